The molecule has 17 heavy (non-hydrogen) atoms. The Hall–Kier alpha value is -0.260. The van der Waals surface area contributed by atoms with E-state index >= 15 is 0 Å². The number of piperazine rings is 1. The standard InChI is InChI=1S/C12H22F2N2O/c1-10-7-16-4-2-3-11(16)8-15(10)5-6-17-9-12(13)14/h10-12H,2-9H2,1H3. The molecule has 2 aliphatic rings. The van der Waals surface area contributed by atoms with Crippen LogP contribution in [0.15, 0.2) is 0 Å². The van der Waals surface area contributed by atoms with E-state index in [1.165, 1.54) is 19.4 Å². The first-order valence-corrected chi connectivity index (χ1v) is 6.51. The number of halogens is 2. The van der Waals surface area contributed by atoms with Gasteiger partial charge in [0.2, 0.25) is 0 Å². The van der Waals surface area contributed by atoms with Crippen molar-refractivity contribution < 1.29 is 13.5 Å². The van der Waals surface area contributed by atoms with Gasteiger partial charge in [-0.05, 0) is 26.3 Å². The molecule has 2 saturated heterocycles. The quantitative estimate of drug-likeness (QED) is 0.685. The predicted octanol–water partition coefficient (Wildman–Crippen LogP) is 1.44. The predicted molar refractivity (Wildman–Crippen MR) is 62.5 cm³/mol. The van der Waals surface area contributed by atoms with Crippen molar-refractivity contribution in [2.24, 2.45) is 0 Å². The van der Waals surface area contributed by atoms with Crippen LogP contribution in [0.5, 0.6) is 0 Å². The SMILES string of the molecule is CC1CN2CCCC2CN1CCOCC(F)F. The Labute approximate surface area is 102 Å². The third kappa shape index (κ3) is 3.60. The lowest BCUT2D eigenvalue weighted by atomic mass is 10.1. The molecule has 2 unspecified atom stereocenters. The van der Waals surface area contributed by atoms with Crippen LogP contribution >= 0.6 is 0 Å². The number of ether oxygens (including phenoxy) is 1. The normalized spacial score (nSPS) is 31.1. The molecule has 0 N–H and O–H groups in total. The van der Waals surface area contributed by atoms with Gasteiger partial charge in [0.05, 0.1) is 6.61 Å². The smallest absolute Gasteiger partial charge is 0.261 e. The van der Waals surface area contributed by atoms with Crippen molar-refractivity contribution in [2.75, 3.05) is 39.4 Å². The van der Waals surface area contributed by atoms with Gasteiger partial charge in [-0.25, -0.2) is 8.78 Å². The molecule has 0 bridgehead atoms. The summed E-state index contributed by atoms with van der Waals surface area (Å²) in [5.41, 5.74) is 0. The first-order chi connectivity index (χ1) is 8.16. The van der Waals surface area contributed by atoms with Crippen molar-refractivity contribution in [3.63, 3.8) is 0 Å². The van der Waals surface area contributed by atoms with Gasteiger partial charge < -0.3 is 4.74 Å². The van der Waals surface area contributed by atoms with Crippen LogP contribution in [0.3, 0.4) is 0 Å². The Morgan fingerprint density at radius 3 is 2.94 bits per heavy atom. The maximum atomic E-state index is 11.9. The number of alkyl halides is 2. The Morgan fingerprint density at radius 1 is 1.35 bits per heavy atom. The number of rotatable bonds is 5. The zero-order valence-corrected chi connectivity index (χ0v) is 10.4. The van der Waals surface area contributed by atoms with Gasteiger partial charge in [0.15, 0.2) is 0 Å². The third-order valence-electron chi connectivity index (χ3n) is 3.83. The lowest BCUT2D eigenvalue weighted by molar-refractivity contribution is -0.00725. The van der Waals surface area contributed by atoms with Gasteiger partial charge >= 0.3 is 0 Å². The molecule has 0 aliphatic carbocycles. The average molecular weight is 248 g/mol. The zero-order valence-electron chi connectivity index (χ0n) is 10.4. The lowest BCUT2D eigenvalue weighted by Crippen LogP contribution is -2.55. The van der Waals surface area contributed by atoms with Crippen LogP contribution in [0.4, 0.5) is 8.78 Å². The topological polar surface area (TPSA) is 15.7 Å². The van der Waals surface area contributed by atoms with Crippen LogP contribution in [-0.2, 0) is 4.74 Å². The fraction of sp³-hybridized carbons (Fsp3) is 1.00. The van der Waals surface area contributed by atoms with Crippen molar-refractivity contribution in [1.29, 1.82) is 0 Å². The van der Waals surface area contributed by atoms with Gasteiger partial charge in [-0.15, -0.1) is 0 Å². The van der Waals surface area contributed by atoms with E-state index in [1.54, 1.807) is 0 Å². The summed E-state index contributed by atoms with van der Waals surface area (Å²) >= 11 is 0. The third-order valence-corrected chi connectivity index (χ3v) is 3.83. The van der Waals surface area contributed by atoms with Gasteiger partial charge in [0, 0.05) is 31.7 Å². The van der Waals surface area contributed by atoms with Crippen molar-refractivity contribution in [3.05, 3.63) is 0 Å². The van der Waals surface area contributed by atoms with Gasteiger partial charge in [-0.2, -0.15) is 0 Å². The Kier molecular flexibility index (Phi) is 4.70. The molecule has 3 nitrogen and oxygen atoms in total. The zero-order chi connectivity index (χ0) is 12.3. The van der Waals surface area contributed by atoms with E-state index < -0.39 is 13.0 Å². The van der Waals surface area contributed by atoms with Crippen molar-refractivity contribution in [3.8, 4) is 0 Å². The highest BCUT2D eigenvalue weighted by Crippen LogP contribution is 2.24. The molecule has 100 valence electrons. The van der Waals surface area contributed by atoms with E-state index in [2.05, 4.69) is 16.7 Å². The second kappa shape index (κ2) is 6.07. The largest absolute Gasteiger partial charge is 0.374 e. The van der Waals surface area contributed by atoms with E-state index in [4.69, 9.17) is 4.74 Å². The molecule has 5 heteroatoms. The van der Waals surface area contributed by atoms with Crippen molar-refractivity contribution in [2.45, 2.75) is 38.3 Å². The average Bonchev–Trinajstić information content (AvgIpc) is 2.71. The molecule has 2 atom stereocenters. The molecular weight excluding hydrogens is 226 g/mol. The van der Waals surface area contributed by atoms with Gasteiger partial charge in [-0.1, -0.05) is 0 Å². The molecular formula is C12H22F2N2O. The molecule has 2 aliphatic heterocycles. The Morgan fingerprint density at radius 2 is 2.18 bits per heavy atom. The highest BCUT2D eigenvalue weighted by atomic mass is 19.3. The molecule has 2 rings (SSSR count). The highest BCUT2D eigenvalue weighted by Gasteiger charge is 2.33. The molecule has 0 spiro atoms. The second-order valence-corrected chi connectivity index (χ2v) is 5.10. The summed E-state index contributed by atoms with van der Waals surface area (Å²) in [5, 5.41) is 0. The molecule has 0 aromatic rings. The monoisotopic (exact) mass is 248 g/mol. The van der Waals surface area contributed by atoms with E-state index in [0.29, 0.717) is 18.7 Å². The first-order valence-electron chi connectivity index (χ1n) is 6.51. The van der Waals surface area contributed by atoms with Crippen LogP contribution in [0.25, 0.3) is 0 Å². The number of fused-ring (bicyclic) bond motifs is 1. The molecule has 2 heterocycles. The minimum absolute atomic E-state index is 0.418. The minimum atomic E-state index is -2.35. The fourth-order valence-corrected chi connectivity index (χ4v) is 2.91. The molecule has 2 fully saturated rings. The first kappa shape index (κ1) is 13.2. The van der Waals surface area contributed by atoms with Crippen LogP contribution < -0.4 is 0 Å². The van der Waals surface area contributed by atoms with E-state index in [1.807, 2.05) is 0 Å². The van der Waals surface area contributed by atoms with Gasteiger partial charge in [-0.3, -0.25) is 9.80 Å². The molecule has 0 amide bonds. The Bertz CT molecular complexity index is 241. The maximum absolute atomic E-state index is 11.9. The van der Waals surface area contributed by atoms with Crippen LogP contribution in [-0.4, -0.2) is 67.7 Å². The van der Waals surface area contributed by atoms with Crippen LogP contribution in [0, 0.1) is 0 Å². The highest BCUT2D eigenvalue weighted by molar-refractivity contribution is 4.90. The van der Waals surface area contributed by atoms with Gasteiger partial charge in [0.25, 0.3) is 6.43 Å². The van der Waals surface area contributed by atoms with Crippen LogP contribution in [0.2, 0.25) is 0 Å². The number of hydrogen-bond acceptors (Lipinski definition) is 3. The van der Waals surface area contributed by atoms with E-state index in [0.717, 1.165) is 19.6 Å². The van der Waals surface area contributed by atoms with E-state index in [9.17, 15) is 8.78 Å². The summed E-state index contributed by atoms with van der Waals surface area (Å²) in [6, 6.07) is 1.20. The van der Waals surface area contributed by atoms with Crippen molar-refractivity contribution in [1.82, 2.24) is 9.80 Å². The fourth-order valence-electron chi connectivity index (χ4n) is 2.91. The molecule has 0 aromatic heterocycles. The molecule has 0 aromatic carbocycles. The van der Waals surface area contributed by atoms with Crippen LogP contribution in [0.1, 0.15) is 19.8 Å². The summed E-state index contributed by atoms with van der Waals surface area (Å²) in [5.74, 6) is 0. The Balaban J connectivity index is 1.69. The lowest BCUT2D eigenvalue weighted by Gasteiger charge is -2.42. The second-order valence-electron chi connectivity index (χ2n) is 5.10. The number of nitrogens with zero attached hydrogens (tertiary/aromatic N) is 2. The molecule has 0 radical (unpaired) electrons. The summed E-state index contributed by atoms with van der Waals surface area (Å²) < 4.78 is 28.8. The number of hydrogen-bond donors (Lipinski definition) is 0. The minimum Gasteiger partial charge on any atom is -0.374 e. The van der Waals surface area contributed by atoms with Crippen molar-refractivity contribution >= 4 is 0 Å². The van der Waals surface area contributed by atoms with E-state index in [-0.39, 0.29) is 0 Å². The summed E-state index contributed by atoms with van der Waals surface area (Å²) in [6.45, 7) is 6.38. The van der Waals surface area contributed by atoms with Gasteiger partial charge in [0.1, 0.15) is 6.61 Å². The summed E-state index contributed by atoms with van der Waals surface area (Å²) in [4.78, 5) is 4.93. The summed E-state index contributed by atoms with van der Waals surface area (Å²) in [6.07, 6.45) is 0.230. The molecule has 0 saturated carbocycles. The summed E-state index contributed by atoms with van der Waals surface area (Å²) in [7, 11) is 0. The maximum Gasteiger partial charge on any atom is 0.261 e.